The van der Waals surface area contributed by atoms with Gasteiger partial charge >= 0.3 is 18.7 Å². The zero-order chi connectivity index (χ0) is 33.0. The maximum atomic E-state index is 15.1. The summed E-state index contributed by atoms with van der Waals surface area (Å²) in [6.07, 6.45) is -14.5. The van der Waals surface area contributed by atoms with Crippen LogP contribution in [0, 0.1) is 5.82 Å². The molecule has 0 radical (unpaired) electrons. The van der Waals surface area contributed by atoms with Gasteiger partial charge in [-0.25, -0.2) is 4.39 Å². The smallest absolute Gasteiger partial charge is 0.489 e. The lowest BCUT2D eigenvalue weighted by molar-refractivity contribution is -0.274. The lowest BCUT2D eigenvalue weighted by Crippen LogP contribution is -2.31. The van der Waals surface area contributed by atoms with Crippen LogP contribution in [0.2, 0.25) is 0 Å². The van der Waals surface area contributed by atoms with E-state index in [0.717, 1.165) is 30.3 Å². The number of hydrogen-bond acceptors (Lipinski definition) is 4. The molecule has 0 aromatic heterocycles. The fourth-order valence-corrected chi connectivity index (χ4v) is 4.43. The molecule has 4 rings (SSSR count). The van der Waals surface area contributed by atoms with Crippen LogP contribution in [0.3, 0.4) is 0 Å². The predicted molar refractivity (Wildman–Crippen MR) is 142 cm³/mol. The Kier molecular flexibility index (Phi) is 9.98. The molecule has 0 amide bonds. The molecule has 0 saturated heterocycles. The van der Waals surface area contributed by atoms with Crippen LogP contribution in [0.25, 0.3) is 0 Å². The predicted octanol–water partition coefficient (Wildman–Crippen LogP) is 8.75. The molecule has 0 fully saturated rings. The van der Waals surface area contributed by atoms with Crippen molar-refractivity contribution in [2.45, 2.75) is 37.4 Å². The lowest BCUT2D eigenvalue weighted by Gasteiger charge is -2.27. The highest BCUT2D eigenvalue weighted by molar-refractivity contribution is 5.40. The van der Waals surface area contributed by atoms with Crippen molar-refractivity contribution in [1.29, 1.82) is 0 Å². The summed E-state index contributed by atoms with van der Waals surface area (Å²) in [6, 6.07) is 13.3. The Balaban J connectivity index is 1.67. The first kappa shape index (κ1) is 33.6. The van der Waals surface area contributed by atoms with Crippen molar-refractivity contribution in [2.24, 2.45) is 0 Å². The highest BCUT2D eigenvalue weighted by Crippen LogP contribution is 2.36. The molecule has 4 aromatic rings. The van der Waals surface area contributed by atoms with E-state index >= 15 is 4.39 Å². The summed E-state index contributed by atoms with van der Waals surface area (Å²) in [6.45, 7) is -0.960. The molecule has 0 bridgehead atoms. The second-order valence-electron chi connectivity index (χ2n) is 9.75. The van der Waals surface area contributed by atoms with Crippen molar-refractivity contribution in [3.05, 3.63) is 130 Å². The zero-order valence-corrected chi connectivity index (χ0v) is 22.8. The molecule has 2 N–H and O–H groups in total. The highest BCUT2D eigenvalue weighted by atomic mass is 19.4. The van der Waals surface area contributed by atoms with Gasteiger partial charge in [0, 0.05) is 5.56 Å². The summed E-state index contributed by atoms with van der Waals surface area (Å²) >= 11 is 0. The van der Waals surface area contributed by atoms with Gasteiger partial charge in [-0.1, -0.05) is 36.4 Å². The van der Waals surface area contributed by atoms with Gasteiger partial charge in [0.1, 0.15) is 23.9 Å². The number of benzene rings is 4. The average Bonchev–Trinajstić information content (AvgIpc) is 2.96. The monoisotopic (exact) mass is 647 g/mol. The van der Waals surface area contributed by atoms with Gasteiger partial charge < -0.3 is 14.6 Å². The summed E-state index contributed by atoms with van der Waals surface area (Å²) in [5.41, 5.74) is -2.22. The van der Waals surface area contributed by atoms with E-state index < -0.39 is 65.7 Å². The van der Waals surface area contributed by atoms with E-state index in [1.165, 1.54) is 42.5 Å². The summed E-state index contributed by atoms with van der Waals surface area (Å²) in [5, 5.41) is 12.9. The van der Waals surface area contributed by atoms with Crippen molar-refractivity contribution in [2.75, 3.05) is 6.61 Å². The van der Waals surface area contributed by atoms with Crippen LogP contribution in [0.1, 0.15) is 45.5 Å². The molecule has 0 heterocycles. The molecule has 0 spiro atoms. The minimum absolute atomic E-state index is 0.0601. The van der Waals surface area contributed by atoms with Gasteiger partial charge in [0.2, 0.25) is 0 Å². The fourth-order valence-electron chi connectivity index (χ4n) is 4.43. The van der Waals surface area contributed by atoms with Crippen molar-refractivity contribution >= 4 is 0 Å². The van der Waals surface area contributed by atoms with Crippen LogP contribution in [0.5, 0.6) is 11.5 Å². The molecule has 2 atom stereocenters. The van der Waals surface area contributed by atoms with E-state index in [2.05, 4.69) is 10.1 Å². The van der Waals surface area contributed by atoms with Crippen molar-refractivity contribution in [1.82, 2.24) is 5.32 Å². The molecule has 0 aliphatic heterocycles. The third-order valence-corrected chi connectivity index (χ3v) is 6.55. The first-order valence-corrected chi connectivity index (χ1v) is 13.0. The number of ether oxygens (including phenoxy) is 2. The van der Waals surface area contributed by atoms with Crippen molar-refractivity contribution < 1.29 is 58.5 Å². The molecule has 2 unspecified atom stereocenters. The molecule has 0 saturated carbocycles. The van der Waals surface area contributed by atoms with E-state index in [1.807, 2.05) is 0 Å². The Labute approximate surface area is 249 Å². The van der Waals surface area contributed by atoms with Gasteiger partial charge in [-0.15, -0.1) is 13.2 Å². The number of alkyl halides is 9. The minimum atomic E-state index is -4.88. The Morgan fingerprint density at radius 3 is 1.91 bits per heavy atom. The van der Waals surface area contributed by atoms with E-state index in [0.29, 0.717) is 23.8 Å². The quantitative estimate of drug-likeness (QED) is 0.169. The Hall–Kier alpha value is -4.30. The van der Waals surface area contributed by atoms with E-state index in [9.17, 15) is 44.6 Å². The summed E-state index contributed by atoms with van der Waals surface area (Å²) in [7, 11) is 0. The molecule has 4 nitrogen and oxygen atoms in total. The van der Waals surface area contributed by atoms with Gasteiger partial charge in [0.15, 0.2) is 0 Å². The first-order valence-electron chi connectivity index (χ1n) is 13.0. The summed E-state index contributed by atoms with van der Waals surface area (Å²) in [5.74, 6) is -1.39. The van der Waals surface area contributed by atoms with Gasteiger partial charge in [-0.3, -0.25) is 5.32 Å². The number of halogens is 10. The standard InChI is InChI=1S/C31H23F10NO3/c32-26-12-9-22(30(36,37)38)15-25(26)28(42-27(16-43)19-3-1-5-21(13-19)29(33,34)35)20-4-2-6-24(14-20)44-17-18-7-10-23(11-8-18)45-31(39,40)41/h1-15,27-28,42-43H,16-17H2. The number of aliphatic hydroxyl groups excluding tert-OH is 1. The zero-order valence-electron chi connectivity index (χ0n) is 22.8. The van der Waals surface area contributed by atoms with E-state index in [1.54, 1.807) is 0 Å². The largest absolute Gasteiger partial charge is 0.573 e. The van der Waals surface area contributed by atoms with E-state index in [4.69, 9.17) is 4.74 Å². The van der Waals surface area contributed by atoms with Crippen LogP contribution in [-0.4, -0.2) is 18.1 Å². The maximum absolute atomic E-state index is 15.1. The molecule has 240 valence electrons. The maximum Gasteiger partial charge on any atom is 0.573 e. The molecular formula is C31H23F10NO3. The lowest BCUT2D eigenvalue weighted by atomic mass is 9.94. The third-order valence-electron chi connectivity index (χ3n) is 6.55. The first-order chi connectivity index (χ1) is 21.0. The fraction of sp³-hybridized carbons (Fsp3) is 0.226. The van der Waals surface area contributed by atoms with Gasteiger partial charge in [-0.2, -0.15) is 26.3 Å². The number of aliphatic hydroxyl groups is 1. The molecular weight excluding hydrogens is 624 g/mol. The second kappa shape index (κ2) is 13.4. The Morgan fingerprint density at radius 2 is 1.29 bits per heavy atom. The van der Waals surface area contributed by atoms with E-state index in [-0.39, 0.29) is 23.5 Å². The number of hydrogen-bond donors (Lipinski definition) is 2. The van der Waals surface area contributed by atoms with Crippen molar-refractivity contribution in [3.63, 3.8) is 0 Å². The van der Waals surface area contributed by atoms with Crippen LogP contribution in [0.15, 0.2) is 91.0 Å². The Bertz CT molecular complexity index is 1580. The van der Waals surface area contributed by atoms with Gasteiger partial charge in [-0.05, 0) is 71.3 Å². The van der Waals surface area contributed by atoms with Crippen molar-refractivity contribution in [3.8, 4) is 11.5 Å². The Morgan fingerprint density at radius 1 is 0.667 bits per heavy atom. The molecule has 45 heavy (non-hydrogen) atoms. The SMILES string of the molecule is OCC(NC(c1cccc(OCc2ccc(OC(F)(F)F)cc2)c1)c1cc(C(F)(F)F)ccc1F)c1cccc(C(F)(F)F)c1. The normalized spacial score (nSPS) is 13.8. The molecule has 4 aromatic carbocycles. The van der Waals surface area contributed by atoms with Gasteiger partial charge in [0.05, 0.1) is 29.8 Å². The summed E-state index contributed by atoms with van der Waals surface area (Å²) < 4.78 is 143. The third kappa shape index (κ3) is 9.11. The topological polar surface area (TPSA) is 50.7 Å². The van der Waals surface area contributed by atoms with Gasteiger partial charge in [0.25, 0.3) is 0 Å². The second-order valence-corrected chi connectivity index (χ2v) is 9.75. The number of rotatable bonds is 10. The van der Waals surface area contributed by atoms with Crippen LogP contribution < -0.4 is 14.8 Å². The van der Waals surface area contributed by atoms with Crippen LogP contribution in [-0.2, 0) is 19.0 Å². The summed E-state index contributed by atoms with van der Waals surface area (Å²) in [4.78, 5) is 0. The molecule has 0 aliphatic carbocycles. The average molecular weight is 648 g/mol. The number of nitrogens with one attached hydrogen (secondary N) is 1. The van der Waals surface area contributed by atoms with Crippen LogP contribution in [0.4, 0.5) is 43.9 Å². The molecule has 0 aliphatic rings. The minimum Gasteiger partial charge on any atom is -0.489 e. The highest BCUT2D eigenvalue weighted by Gasteiger charge is 2.34. The molecule has 14 heteroatoms. The van der Waals surface area contributed by atoms with Crippen LogP contribution >= 0.6 is 0 Å².